The van der Waals surface area contributed by atoms with Gasteiger partial charge >= 0.3 is 6.18 Å². The molecule has 1 amide bonds. The molecule has 0 saturated heterocycles. The number of thiocarbonyl (C=S) groups is 1. The monoisotopic (exact) mass is 354 g/mol. The van der Waals surface area contributed by atoms with Gasteiger partial charge in [-0.25, -0.2) is 0 Å². The molecule has 0 heterocycles. The van der Waals surface area contributed by atoms with Gasteiger partial charge in [-0.1, -0.05) is 12.2 Å². The van der Waals surface area contributed by atoms with E-state index >= 15 is 0 Å². The van der Waals surface area contributed by atoms with Crippen molar-refractivity contribution >= 4 is 39.0 Å². The Balaban J connectivity index is 3.06. The van der Waals surface area contributed by atoms with Gasteiger partial charge in [-0.3, -0.25) is 4.79 Å². The van der Waals surface area contributed by atoms with Gasteiger partial charge < -0.3 is 11.1 Å². The fourth-order valence-electron chi connectivity index (χ4n) is 1.22. The quantitative estimate of drug-likeness (QED) is 0.820. The van der Waals surface area contributed by atoms with Crippen molar-refractivity contribution in [3.63, 3.8) is 0 Å². The number of benzene rings is 1. The van der Waals surface area contributed by atoms with E-state index in [4.69, 9.17) is 5.73 Å². The van der Waals surface area contributed by atoms with Gasteiger partial charge in [-0.15, -0.1) is 0 Å². The lowest BCUT2D eigenvalue weighted by molar-refractivity contribution is -0.137. The van der Waals surface area contributed by atoms with Crippen molar-refractivity contribution in [1.82, 2.24) is 5.32 Å². The summed E-state index contributed by atoms with van der Waals surface area (Å²) >= 11 is 7.71. The van der Waals surface area contributed by atoms with E-state index in [0.29, 0.717) is 0 Å². The van der Waals surface area contributed by atoms with Crippen LogP contribution in [0, 0.1) is 0 Å². The Labute approximate surface area is 121 Å². The molecular formula is C11H10BrF3N2OS. The summed E-state index contributed by atoms with van der Waals surface area (Å²) in [6, 6.07) is 2.22. The number of halogens is 4. The molecule has 0 saturated carbocycles. The van der Waals surface area contributed by atoms with E-state index in [-0.39, 0.29) is 15.0 Å². The molecule has 1 unspecified atom stereocenters. The second kappa shape index (κ2) is 5.87. The number of amides is 1. The van der Waals surface area contributed by atoms with Crippen LogP contribution >= 0.6 is 28.1 Å². The van der Waals surface area contributed by atoms with E-state index in [0.717, 1.165) is 12.1 Å². The second-order valence-corrected chi connectivity index (χ2v) is 5.12. The number of hydrogen-bond donors (Lipinski definition) is 2. The normalized spacial score (nSPS) is 12.9. The molecule has 8 heteroatoms. The van der Waals surface area contributed by atoms with Crippen LogP contribution in [0.2, 0.25) is 0 Å². The van der Waals surface area contributed by atoms with Crippen molar-refractivity contribution in [3.8, 4) is 0 Å². The first-order chi connectivity index (χ1) is 8.62. The molecule has 0 aliphatic carbocycles. The number of rotatable bonds is 3. The lowest BCUT2D eigenvalue weighted by Crippen LogP contribution is -2.41. The molecule has 1 atom stereocenters. The minimum Gasteiger partial charge on any atom is -0.392 e. The second-order valence-electron chi connectivity index (χ2n) is 3.79. The fraction of sp³-hybridized carbons (Fsp3) is 0.273. The summed E-state index contributed by atoms with van der Waals surface area (Å²) < 4.78 is 38.0. The summed E-state index contributed by atoms with van der Waals surface area (Å²) in [7, 11) is 0. The Morgan fingerprint density at radius 3 is 2.53 bits per heavy atom. The Kier molecular flexibility index (Phi) is 4.92. The molecular weight excluding hydrogens is 345 g/mol. The summed E-state index contributed by atoms with van der Waals surface area (Å²) in [5, 5.41) is 2.41. The Morgan fingerprint density at radius 2 is 2.05 bits per heavy atom. The van der Waals surface area contributed by atoms with Crippen LogP contribution in [0.4, 0.5) is 13.2 Å². The molecule has 0 aliphatic rings. The molecule has 0 fully saturated rings. The summed E-state index contributed by atoms with van der Waals surface area (Å²) in [5.74, 6) is -0.682. The summed E-state index contributed by atoms with van der Waals surface area (Å²) in [6.45, 7) is 1.54. The number of carbonyl (C=O) groups excluding carboxylic acids is 1. The number of nitrogens with two attached hydrogens (primary N) is 1. The number of alkyl halides is 3. The molecule has 1 aromatic rings. The van der Waals surface area contributed by atoms with Crippen molar-refractivity contribution in [2.24, 2.45) is 5.73 Å². The zero-order valence-corrected chi connectivity index (χ0v) is 12.1. The van der Waals surface area contributed by atoms with Gasteiger partial charge in [0.25, 0.3) is 5.91 Å². The van der Waals surface area contributed by atoms with Gasteiger partial charge in [0.1, 0.15) is 0 Å². The standard InChI is InChI=1S/C11H10BrF3N2OS/c1-5(9(16)19)17-10(18)7-4-6(11(13,14)15)2-3-8(7)12/h2-5H,1H3,(H2,16,19)(H,17,18). The van der Waals surface area contributed by atoms with Gasteiger partial charge in [0.05, 0.1) is 22.2 Å². The largest absolute Gasteiger partial charge is 0.416 e. The maximum Gasteiger partial charge on any atom is 0.416 e. The summed E-state index contributed by atoms with van der Waals surface area (Å²) in [4.78, 5) is 11.9. The first-order valence-electron chi connectivity index (χ1n) is 5.10. The number of hydrogen-bond acceptors (Lipinski definition) is 2. The zero-order valence-electron chi connectivity index (χ0n) is 9.72. The first-order valence-corrected chi connectivity index (χ1v) is 6.30. The highest BCUT2D eigenvalue weighted by atomic mass is 79.9. The van der Waals surface area contributed by atoms with E-state index in [1.54, 1.807) is 6.92 Å². The summed E-state index contributed by atoms with van der Waals surface area (Å²) in [6.07, 6.45) is -4.51. The molecule has 0 aliphatic heterocycles. The van der Waals surface area contributed by atoms with Crippen LogP contribution in [0.5, 0.6) is 0 Å². The van der Waals surface area contributed by atoms with Gasteiger partial charge in [0, 0.05) is 4.47 Å². The molecule has 0 spiro atoms. The van der Waals surface area contributed by atoms with Gasteiger partial charge in [0.15, 0.2) is 0 Å². The van der Waals surface area contributed by atoms with E-state index < -0.39 is 23.7 Å². The molecule has 3 nitrogen and oxygen atoms in total. The van der Waals surface area contributed by atoms with E-state index in [1.807, 2.05) is 0 Å². The molecule has 0 aromatic heterocycles. The first kappa shape index (κ1) is 15.9. The van der Waals surface area contributed by atoms with Crippen LogP contribution in [-0.4, -0.2) is 16.9 Å². The molecule has 1 aromatic carbocycles. The average molecular weight is 355 g/mol. The SMILES string of the molecule is CC(NC(=O)c1cc(C(F)(F)F)ccc1Br)C(N)=S. The molecule has 19 heavy (non-hydrogen) atoms. The van der Waals surface area contributed by atoms with E-state index in [1.165, 1.54) is 6.07 Å². The predicted molar refractivity (Wildman–Crippen MR) is 72.9 cm³/mol. The van der Waals surface area contributed by atoms with E-state index in [2.05, 4.69) is 33.5 Å². The maximum absolute atomic E-state index is 12.6. The van der Waals surface area contributed by atoms with Crippen LogP contribution in [-0.2, 0) is 6.18 Å². The minimum absolute atomic E-state index is 0.0523. The highest BCUT2D eigenvalue weighted by Gasteiger charge is 2.31. The van der Waals surface area contributed by atoms with E-state index in [9.17, 15) is 18.0 Å². The predicted octanol–water partition coefficient (Wildman–Crippen LogP) is 2.87. The molecule has 104 valence electrons. The van der Waals surface area contributed by atoms with Crippen molar-refractivity contribution in [2.45, 2.75) is 19.1 Å². The Bertz CT molecular complexity index is 519. The van der Waals surface area contributed by atoms with Gasteiger partial charge in [-0.2, -0.15) is 13.2 Å². The Hall–Kier alpha value is -1.15. The summed E-state index contributed by atoms with van der Waals surface area (Å²) in [5.41, 5.74) is 4.30. The van der Waals surface area contributed by atoms with Crippen LogP contribution in [0.1, 0.15) is 22.8 Å². The van der Waals surface area contributed by atoms with Gasteiger partial charge in [-0.05, 0) is 41.1 Å². The third-order valence-electron chi connectivity index (χ3n) is 2.31. The lowest BCUT2D eigenvalue weighted by Gasteiger charge is -2.14. The topological polar surface area (TPSA) is 55.1 Å². The van der Waals surface area contributed by atoms with Crippen molar-refractivity contribution < 1.29 is 18.0 Å². The van der Waals surface area contributed by atoms with Crippen LogP contribution in [0.3, 0.4) is 0 Å². The number of nitrogens with one attached hydrogen (secondary N) is 1. The molecule has 3 N–H and O–H groups in total. The molecule has 0 radical (unpaired) electrons. The van der Waals surface area contributed by atoms with Crippen LogP contribution in [0.15, 0.2) is 22.7 Å². The van der Waals surface area contributed by atoms with Gasteiger partial charge in [0.2, 0.25) is 0 Å². The third-order valence-corrected chi connectivity index (χ3v) is 3.36. The van der Waals surface area contributed by atoms with Crippen molar-refractivity contribution in [3.05, 3.63) is 33.8 Å². The fourth-order valence-corrected chi connectivity index (χ4v) is 1.71. The van der Waals surface area contributed by atoms with Crippen LogP contribution in [0.25, 0.3) is 0 Å². The smallest absolute Gasteiger partial charge is 0.392 e. The molecule has 1 rings (SSSR count). The lowest BCUT2D eigenvalue weighted by atomic mass is 10.1. The Morgan fingerprint density at radius 1 is 1.47 bits per heavy atom. The number of carbonyl (C=O) groups is 1. The zero-order chi connectivity index (χ0) is 14.8. The average Bonchev–Trinajstić information content (AvgIpc) is 2.27. The highest BCUT2D eigenvalue weighted by Crippen LogP contribution is 2.31. The molecule has 0 bridgehead atoms. The van der Waals surface area contributed by atoms with Crippen molar-refractivity contribution in [2.75, 3.05) is 0 Å². The van der Waals surface area contributed by atoms with Crippen LogP contribution < -0.4 is 11.1 Å². The minimum atomic E-state index is -4.51. The van der Waals surface area contributed by atoms with Crippen molar-refractivity contribution in [1.29, 1.82) is 0 Å². The maximum atomic E-state index is 12.6. The highest BCUT2D eigenvalue weighted by molar-refractivity contribution is 9.10. The third kappa shape index (κ3) is 4.17.